The van der Waals surface area contributed by atoms with Crippen LogP contribution in [0.1, 0.15) is 40.6 Å². The fraction of sp³-hybridized carbons (Fsp3) is 0.316. The third-order valence-corrected chi connectivity index (χ3v) is 4.41. The van der Waals surface area contributed by atoms with Crippen LogP contribution in [0, 0.1) is 10.1 Å². The molecule has 154 valence electrons. The first kappa shape index (κ1) is 20.1. The average Bonchev–Trinajstić information content (AvgIpc) is 3.15. The number of unbranched alkanes of at least 4 members (excludes halogenated alkanes) is 1. The molecule has 1 atom stereocenters. The topological polar surface area (TPSA) is 138 Å². The van der Waals surface area contributed by atoms with Gasteiger partial charge >= 0.3 is 5.97 Å². The molecule has 10 heteroatoms. The van der Waals surface area contributed by atoms with Crippen molar-refractivity contribution >= 4 is 5.97 Å². The van der Waals surface area contributed by atoms with Gasteiger partial charge in [-0.1, -0.05) is 0 Å². The fourth-order valence-electron chi connectivity index (χ4n) is 3.02. The Labute approximate surface area is 165 Å². The summed E-state index contributed by atoms with van der Waals surface area (Å²) in [5.41, 5.74) is 0.890. The van der Waals surface area contributed by atoms with Gasteiger partial charge in [0, 0.05) is 11.1 Å². The Hall–Kier alpha value is -3.69. The van der Waals surface area contributed by atoms with Crippen molar-refractivity contribution in [3.05, 3.63) is 57.1 Å². The van der Waals surface area contributed by atoms with Gasteiger partial charge in [-0.2, -0.15) is 0 Å². The number of aromatic carboxylic acids is 1. The van der Waals surface area contributed by atoms with Crippen molar-refractivity contribution in [2.24, 2.45) is 0 Å². The zero-order valence-corrected chi connectivity index (χ0v) is 15.5. The first-order valence-electron chi connectivity index (χ1n) is 8.77. The minimum absolute atomic E-state index is 0.0624. The van der Waals surface area contributed by atoms with E-state index in [9.17, 15) is 25.1 Å². The third kappa shape index (κ3) is 4.42. The third-order valence-electron chi connectivity index (χ3n) is 4.41. The molecule has 0 fully saturated rings. The van der Waals surface area contributed by atoms with Crippen molar-refractivity contribution in [2.75, 3.05) is 13.7 Å². The minimum atomic E-state index is -1.23. The maximum atomic E-state index is 11.6. The molecule has 0 bridgehead atoms. The van der Waals surface area contributed by atoms with Crippen molar-refractivity contribution in [3.8, 4) is 23.0 Å². The average molecular weight is 405 g/mol. The molecule has 29 heavy (non-hydrogen) atoms. The fourth-order valence-corrected chi connectivity index (χ4v) is 3.02. The largest absolute Gasteiger partial charge is 0.504 e. The predicted molar refractivity (Wildman–Crippen MR) is 97.9 cm³/mol. The van der Waals surface area contributed by atoms with Crippen LogP contribution in [-0.4, -0.2) is 35.0 Å². The molecule has 1 heterocycles. The Morgan fingerprint density at radius 2 is 1.90 bits per heavy atom. The molecule has 1 aliphatic rings. The SMILES string of the molecule is COc1ccc(C2Oc3c(O)cc(C(=O)O)c(CCCCO[N+](=O)[O-])c3O2)cc1. The number of phenols is 1. The van der Waals surface area contributed by atoms with Gasteiger partial charge in [-0.25, -0.2) is 4.79 Å². The highest BCUT2D eigenvalue weighted by atomic mass is 16.9. The van der Waals surface area contributed by atoms with E-state index in [2.05, 4.69) is 4.84 Å². The molecular formula is C19H19NO9. The number of hydrogen-bond donors (Lipinski definition) is 2. The number of carboxylic acid groups (broad SMARTS) is 1. The van der Waals surface area contributed by atoms with Crippen molar-refractivity contribution in [3.63, 3.8) is 0 Å². The number of carbonyl (C=O) groups is 1. The van der Waals surface area contributed by atoms with Crippen molar-refractivity contribution in [1.29, 1.82) is 0 Å². The van der Waals surface area contributed by atoms with Crippen LogP contribution in [0.3, 0.4) is 0 Å². The number of hydrogen-bond acceptors (Lipinski definition) is 8. The van der Waals surface area contributed by atoms with E-state index in [-0.39, 0.29) is 35.8 Å². The zero-order chi connectivity index (χ0) is 21.0. The normalized spacial score (nSPS) is 14.4. The molecule has 0 amide bonds. The number of fused-ring (bicyclic) bond motifs is 1. The first-order valence-corrected chi connectivity index (χ1v) is 8.77. The lowest BCUT2D eigenvalue weighted by molar-refractivity contribution is -0.757. The number of benzene rings is 2. The Morgan fingerprint density at radius 1 is 1.21 bits per heavy atom. The van der Waals surface area contributed by atoms with E-state index < -0.39 is 17.3 Å². The van der Waals surface area contributed by atoms with Crippen molar-refractivity contribution in [2.45, 2.75) is 25.6 Å². The summed E-state index contributed by atoms with van der Waals surface area (Å²) in [7, 11) is 1.54. The molecule has 2 N–H and O–H groups in total. The monoisotopic (exact) mass is 405 g/mol. The molecular weight excluding hydrogens is 386 g/mol. The smallest absolute Gasteiger partial charge is 0.336 e. The molecule has 1 aliphatic heterocycles. The maximum Gasteiger partial charge on any atom is 0.336 e. The molecule has 0 saturated carbocycles. The zero-order valence-electron chi connectivity index (χ0n) is 15.5. The molecule has 0 saturated heterocycles. The Morgan fingerprint density at radius 3 is 2.52 bits per heavy atom. The summed E-state index contributed by atoms with van der Waals surface area (Å²) in [6, 6.07) is 8.04. The van der Waals surface area contributed by atoms with Gasteiger partial charge in [-0.05, 0) is 49.6 Å². The highest BCUT2D eigenvalue weighted by Crippen LogP contribution is 2.50. The highest BCUT2D eigenvalue weighted by Gasteiger charge is 2.33. The lowest BCUT2D eigenvalue weighted by Crippen LogP contribution is -2.09. The first-order chi connectivity index (χ1) is 13.9. The molecule has 0 radical (unpaired) electrons. The van der Waals surface area contributed by atoms with E-state index in [0.29, 0.717) is 29.7 Å². The molecule has 10 nitrogen and oxygen atoms in total. The Kier molecular flexibility index (Phi) is 5.91. The van der Waals surface area contributed by atoms with Crippen LogP contribution >= 0.6 is 0 Å². The second kappa shape index (κ2) is 8.55. The maximum absolute atomic E-state index is 11.6. The molecule has 3 rings (SSSR count). The van der Waals surface area contributed by atoms with E-state index in [1.54, 1.807) is 31.4 Å². The number of rotatable bonds is 9. The van der Waals surface area contributed by atoms with E-state index in [1.165, 1.54) is 0 Å². The van der Waals surface area contributed by atoms with E-state index in [0.717, 1.165) is 6.07 Å². The van der Waals surface area contributed by atoms with Gasteiger partial charge < -0.3 is 29.3 Å². The summed E-state index contributed by atoms with van der Waals surface area (Å²) in [6.07, 6.45) is 0.159. The van der Waals surface area contributed by atoms with Crippen LogP contribution in [-0.2, 0) is 11.3 Å². The van der Waals surface area contributed by atoms with Crippen LogP contribution < -0.4 is 14.2 Å². The summed E-state index contributed by atoms with van der Waals surface area (Å²) < 4.78 is 16.7. The Bertz CT molecular complexity index is 911. The predicted octanol–water partition coefficient (Wildman–Crippen LogP) is 3.10. The molecule has 2 aromatic rings. The number of methoxy groups -OCH3 is 1. The van der Waals surface area contributed by atoms with Crippen LogP contribution in [0.25, 0.3) is 0 Å². The summed E-state index contributed by atoms with van der Waals surface area (Å²) >= 11 is 0. The lowest BCUT2D eigenvalue weighted by atomic mass is 9.99. The summed E-state index contributed by atoms with van der Waals surface area (Å²) in [5.74, 6) is -0.700. The highest BCUT2D eigenvalue weighted by molar-refractivity contribution is 5.92. The van der Waals surface area contributed by atoms with E-state index in [1.807, 2.05) is 0 Å². The number of carboxylic acids is 1. The summed E-state index contributed by atoms with van der Waals surface area (Å²) in [5, 5.41) is 29.1. The molecule has 0 aliphatic carbocycles. The molecule has 2 aromatic carbocycles. The molecule has 1 unspecified atom stereocenters. The Balaban J connectivity index is 1.83. The van der Waals surface area contributed by atoms with Gasteiger partial charge in [-0.15, -0.1) is 10.1 Å². The number of ether oxygens (including phenoxy) is 3. The minimum Gasteiger partial charge on any atom is -0.504 e. The summed E-state index contributed by atoms with van der Waals surface area (Å²) in [4.78, 5) is 26.1. The number of nitrogens with zero attached hydrogens (tertiary/aromatic N) is 1. The van der Waals surface area contributed by atoms with Gasteiger partial charge in [-0.3, -0.25) is 0 Å². The lowest BCUT2D eigenvalue weighted by Gasteiger charge is -2.12. The van der Waals surface area contributed by atoms with Crippen molar-refractivity contribution < 1.29 is 39.1 Å². The molecule has 0 spiro atoms. The quantitative estimate of drug-likeness (QED) is 0.366. The van der Waals surface area contributed by atoms with Gasteiger partial charge in [0.05, 0.1) is 19.3 Å². The van der Waals surface area contributed by atoms with Gasteiger partial charge in [0.2, 0.25) is 5.75 Å². The van der Waals surface area contributed by atoms with Crippen LogP contribution in [0.15, 0.2) is 30.3 Å². The number of phenolic OH excluding ortho intramolecular Hbond substituents is 1. The second-order valence-electron chi connectivity index (χ2n) is 6.24. The van der Waals surface area contributed by atoms with Crippen LogP contribution in [0.2, 0.25) is 0 Å². The van der Waals surface area contributed by atoms with Crippen molar-refractivity contribution in [1.82, 2.24) is 0 Å². The summed E-state index contributed by atoms with van der Waals surface area (Å²) in [6.45, 7) is -0.0957. The van der Waals surface area contributed by atoms with Gasteiger partial charge in [0.25, 0.3) is 11.4 Å². The van der Waals surface area contributed by atoms with Crippen LogP contribution in [0.5, 0.6) is 23.0 Å². The van der Waals surface area contributed by atoms with E-state index in [4.69, 9.17) is 14.2 Å². The van der Waals surface area contributed by atoms with Gasteiger partial charge in [0.15, 0.2) is 11.5 Å². The van der Waals surface area contributed by atoms with Gasteiger partial charge in [0.1, 0.15) is 5.75 Å². The second-order valence-corrected chi connectivity index (χ2v) is 6.24. The van der Waals surface area contributed by atoms with E-state index >= 15 is 0 Å². The number of aromatic hydroxyl groups is 1. The standard InChI is InChI=1S/C19H19NO9/c1-26-12-7-5-11(6-8-12)19-28-16-13(4-2-3-9-27-20(24)25)14(18(22)23)10-15(21)17(16)29-19/h5-8,10,19,21H,2-4,9H2,1H3,(H,22,23). The molecule has 0 aromatic heterocycles. The van der Waals surface area contributed by atoms with Crippen LogP contribution in [0.4, 0.5) is 0 Å².